The fourth-order valence-corrected chi connectivity index (χ4v) is 2.77. The highest BCUT2D eigenvalue weighted by atomic mass is 79.9. The average Bonchev–Trinajstić information content (AvgIpc) is 2.71. The van der Waals surface area contributed by atoms with E-state index in [-0.39, 0.29) is 11.5 Å². The summed E-state index contributed by atoms with van der Waals surface area (Å²) in [5.41, 5.74) is 0. The van der Waals surface area contributed by atoms with Crippen LogP contribution in [0.4, 0.5) is 0 Å². The minimum absolute atomic E-state index is 0.133. The van der Waals surface area contributed by atoms with E-state index in [1.807, 2.05) is 0 Å². The maximum absolute atomic E-state index is 11.4. The van der Waals surface area contributed by atoms with Crippen molar-refractivity contribution < 1.29 is 24.2 Å². The van der Waals surface area contributed by atoms with Crippen molar-refractivity contribution in [1.29, 1.82) is 0 Å². The van der Waals surface area contributed by atoms with Crippen molar-refractivity contribution in [3.63, 3.8) is 0 Å². The Kier molecular flexibility index (Phi) is 6.54. The van der Waals surface area contributed by atoms with Crippen molar-refractivity contribution in [2.75, 3.05) is 0 Å². The zero-order valence-corrected chi connectivity index (χ0v) is 18.5. The van der Waals surface area contributed by atoms with E-state index in [1.165, 1.54) is 24.3 Å². The molecule has 0 amide bonds. The molecule has 0 aliphatic carbocycles. The SMILES string of the molecule is O=[N+]([O-])C(c1nc(Oc2ccc(Br)cc2)nc(Oc2ccc(Br)cc2)n1)([N+](=O)[O-])[N+](=O)[O-]. The van der Waals surface area contributed by atoms with Gasteiger partial charge in [-0.3, -0.25) is 30.3 Å². The molecule has 0 bridgehead atoms. The lowest BCUT2D eigenvalue weighted by Gasteiger charge is -2.11. The highest BCUT2D eigenvalue weighted by molar-refractivity contribution is 9.10. The molecule has 1 heterocycles. The number of benzene rings is 2. The van der Waals surface area contributed by atoms with Crippen molar-refractivity contribution in [3.8, 4) is 23.5 Å². The molecule has 32 heavy (non-hydrogen) atoms. The first-order valence-electron chi connectivity index (χ1n) is 8.20. The van der Waals surface area contributed by atoms with Crippen LogP contribution in [0.1, 0.15) is 5.82 Å². The molecule has 0 saturated heterocycles. The maximum Gasteiger partial charge on any atom is 0.763 e. The fraction of sp³-hybridized carbons (Fsp3) is 0.0625. The molecule has 0 aliphatic heterocycles. The van der Waals surface area contributed by atoms with Crippen LogP contribution in [0.5, 0.6) is 23.5 Å². The molecule has 14 nitrogen and oxygen atoms in total. The van der Waals surface area contributed by atoms with Gasteiger partial charge in [0.25, 0.3) is 0 Å². The van der Waals surface area contributed by atoms with E-state index in [9.17, 15) is 30.3 Å². The highest BCUT2D eigenvalue weighted by Gasteiger charge is 2.76. The first-order chi connectivity index (χ1) is 15.1. The molecule has 3 rings (SSSR count). The van der Waals surface area contributed by atoms with Crippen LogP contribution in [0.2, 0.25) is 0 Å². The normalized spacial score (nSPS) is 10.9. The van der Waals surface area contributed by atoms with Crippen LogP contribution in [0.25, 0.3) is 0 Å². The Hall–Kier alpha value is -3.79. The summed E-state index contributed by atoms with van der Waals surface area (Å²) in [6, 6.07) is 10.8. The third-order valence-electron chi connectivity index (χ3n) is 3.70. The summed E-state index contributed by atoms with van der Waals surface area (Å²) < 4.78 is 12.1. The lowest BCUT2D eigenvalue weighted by atomic mass is 10.3. The summed E-state index contributed by atoms with van der Waals surface area (Å²) >= 11 is 6.45. The van der Waals surface area contributed by atoms with Crippen molar-refractivity contribution in [2.45, 2.75) is 5.79 Å². The van der Waals surface area contributed by atoms with E-state index in [0.717, 1.165) is 0 Å². The number of rotatable bonds is 8. The summed E-state index contributed by atoms with van der Waals surface area (Å²) in [7, 11) is 0. The second kappa shape index (κ2) is 9.15. The molecule has 164 valence electrons. The number of aromatic nitrogens is 3. The summed E-state index contributed by atoms with van der Waals surface area (Å²) in [6.45, 7) is 0. The molecule has 0 radical (unpaired) electrons. The predicted octanol–water partition coefficient (Wildman–Crippen LogP) is 3.92. The number of nitro groups is 3. The van der Waals surface area contributed by atoms with Crippen LogP contribution in [0.3, 0.4) is 0 Å². The summed E-state index contributed by atoms with van der Waals surface area (Å²) in [4.78, 5) is 39.9. The summed E-state index contributed by atoms with van der Waals surface area (Å²) in [5.74, 6) is -5.26. The van der Waals surface area contributed by atoms with Gasteiger partial charge >= 0.3 is 23.6 Å². The van der Waals surface area contributed by atoms with E-state index in [1.54, 1.807) is 24.3 Å². The molecule has 0 aliphatic rings. The molecular formula is C16H8Br2N6O8. The lowest BCUT2D eigenvalue weighted by Crippen LogP contribution is -2.51. The summed E-state index contributed by atoms with van der Waals surface area (Å²) in [5, 5.41) is 34.3. The monoisotopic (exact) mass is 570 g/mol. The molecule has 0 fully saturated rings. The van der Waals surface area contributed by atoms with Gasteiger partial charge in [-0.15, -0.1) is 4.98 Å². The number of ether oxygens (including phenoxy) is 2. The Morgan fingerprint density at radius 3 is 1.31 bits per heavy atom. The molecule has 2 aromatic carbocycles. The van der Waals surface area contributed by atoms with E-state index < -0.39 is 38.4 Å². The van der Waals surface area contributed by atoms with Gasteiger partial charge in [-0.05, 0) is 48.5 Å². The van der Waals surface area contributed by atoms with E-state index >= 15 is 0 Å². The standard InChI is InChI=1S/C16H8Br2N6O8/c17-9-1-5-11(6-2-9)31-14-19-13(16(22(25)26,23(27)28)24(29)30)20-15(21-14)32-12-7-3-10(18)4-8-12/h1-8H. The van der Waals surface area contributed by atoms with Crippen molar-refractivity contribution in [1.82, 2.24) is 15.0 Å². The van der Waals surface area contributed by atoms with Gasteiger partial charge in [0.1, 0.15) is 11.5 Å². The van der Waals surface area contributed by atoms with Gasteiger partial charge < -0.3 is 9.47 Å². The Labute approximate surface area is 193 Å². The lowest BCUT2D eigenvalue weighted by molar-refractivity contribution is -0.987. The Morgan fingerprint density at radius 1 is 0.656 bits per heavy atom. The van der Waals surface area contributed by atoms with Gasteiger partial charge in [0, 0.05) is 8.95 Å². The summed E-state index contributed by atoms with van der Waals surface area (Å²) in [6.07, 6.45) is 0. The highest BCUT2D eigenvalue weighted by Crippen LogP contribution is 2.30. The van der Waals surface area contributed by atoms with Gasteiger partial charge in [-0.25, -0.2) is 0 Å². The van der Waals surface area contributed by atoms with E-state index in [2.05, 4.69) is 46.8 Å². The topological polar surface area (TPSA) is 187 Å². The number of halogens is 2. The second-order valence-corrected chi connectivity index (χ2v) is 7.57. The smallest absolute Gasteiger partial charge is 0.424 e. The minimum Gasteiger partial charge on any atom is -0.424 e. The molecule has 3 aromatic rings. The molecule has 0 spiro atoms. The second-order valence-electron chi connectivity index (χ2n) is 5.74. The largest absolute Gasteiger partial charge is 0.763 e. The Morgan fingerprint density at radius 2 is 1.00 bits per heavy atom. The number of hydrogen-bond acceptors (Lipinski definition) is 11. The first kappa shape index (κ1) is 22.9. The van der Waals surface area contributed by atoms with E-state index in [4.69, 9.17) is 9.47 Å². The molecule has 0 unspecified atom stereocenters. The Balaban J connectivity index is 2.15. The first-order valence-corrected chi connectivity index (χ1v) is 9.78. The van der Waals surface area contributed by atoms with Crippen molar-refractivity contribution >= 4 is 31.9 Å². The van der Waals surface area contributed by atoms with Gasteiger partial charge in [0.05, 0.1) is 0 Å². The minimum atomic E-state index is -4.11. The maximum atomic E-state index is 11.4. The average molecular weight is 572 g/mol. The third-order valence-corrected chi connectivity index (χ3v) is 4.76. The number of hydrogen-bond donors (Lipinski definition) is 0. The zero-order valence-electron chi connectivity index (χ0n) is 15.3. The van der Waals surface area contributed by atoms with Crippen LogP contribution in [0.15, 0.2) is 57.5 Å². The molecule has 1 aromatic heterocycles. The third kappa shape index (κ3) is 4.59. The van der Waals surface area contributed by atoms with Gasteiger partial charge in [-0.1, -0.05) is 31.9 Å². The van der Waals surface area contributed by atoms with Crippen LogP contribution in [-0.2, 0) is 5.79 Å². The number of nitrogens with zero attached hydrogens (tertiary/aromatic N) is 6. The van der Waals surface area contributed by atoms with Crippen LogP contribution >= 0.6 is 31.9 Å². The van der Waals surface area contributed by atoms with Crippen molar-refractivity contribution in [2.24, 2.45) is 0 Å². The molecule has 0 N–H and O–H groups in total. The van der Waals surface area contributed by atoms with Crippen LogP contribution in [0, 0.1) is 30.3 Å². The molecule has 0 saturated carbocycles. The molecule has 0 atom stereocenters. The Bertz CT molecular complexity index is 1090. The zero-order chi connectivity index (χ0) is 23.5. The fourth-order valence-electron chi connectivity index (χ4n) is 2.24. The van der Waals surface area contributed by atoms with Crippen molar-refractivity contribution in [3.05, 3.63) is 93.6 Å². The molecule has 16 heteroatoms. The van der Waals surface area contributed by atoms with Gasteiger partial charge in [0.2, 0.25) is 0 Å². The van der Waals surface area contributed by atoms with Gasteiger partial charge in [-0.2, -0.15) is 9.97 Å². The van der Waals surface area contributed by atoms with Crippen LogP contribution in [-0.4, -0.2) is 29.7 Å². The van der Waals surface area contributed by atoms with Crippen LogP contribution < -0.4 is 9.47 Å². The molecular weight excluding hydrogens is 564 g/mol. The quantitative estimate of drug-likeness (QED) is 0.216. The predicted molar refractivity (Wildman–Crippen MR) is 111 cm³/mol. The van der Waals surface area contributed by atoms with Gasteiger partial charge in [0.15, 0.2) is 14.8 Å². The van der Waals surface area contributed by atoms with E-state index in [0.29, 0.717) is 8.95 Å².